The minimum Gasteiger partial charge on any atom is -0.497 e. The smallest absolute Gasteiger partial charge is 0.269 e. The first-order chi connectivity index (χ1) is 16.6. The topological polar surface area (TPSA) is 90.2 Å². The number of nitro groups is 1. The summed E-state index contributed by atoms with van der Waals surface area (Å²) in [4.78, 5) is 20.4. The Hall–Kier alpha value is -3.30. The van der Waals surface area contributed by atoms with Crippen molar-refractivity contribution in [3.63, 3.8) is 0 Å². The molecule has 0 bridgehead atoms. The van der Waals surface area contributed by atoms with E-state index in [-0.39, 0.29) is 16.7 Å². The van der Waals surface area contributed by atoms with Crippen LogP contribution in [-0.4, -0.2) is 22.0 Å². The van der Waals surface area contributed by atoms with Gasteiger partial charge in [0.05, 0.1) is 34.5 Å². The highest BCUT2D eigenvalue weighted by Crippen LogP contribution is 2.42. The van der Waals surface area contributed by atoms with Crippen LogP contribution in [0.25, 0.3) is 0 Å². The minimum atomic E-state index is -0.374. The fraction of sp³-hybridized carbons (Fsp3) is 0.280. The van der Waals surface area contributed by atoms with E-state index < -0.39 is 0 Å². The summed E-state index contributed by atoms with van der Waals surface area (Å²) in [5.41, 5.74) is 4.24. The molecular weight excluding hydrogens is 468 g/mol. The molecule has 1 aliphatic rings. The molecule has 2 aromatic heterocycles. The van der Waals surface area contributed by atoms with E-state index in [4.69, 9.17) is 14.7 Å². The van der Waals surface area contributed by atoms with Crippen molar-refractivity contribution < 1.29 is 9.66 Å². The van der Waals surface area contributed by atoms with Crippen molar-refractivity contribution in [3.8, 4) is 5.75 Å². The van der Waals surface area contributed by atoms with E-state index in [1.54, 1.807) is 41.9 Å². The molecule has 7 nitrogen and oxygen atoms in total. The van der Waals surface area contributed by atoms with Gasteiger partial charge in [0.1, 0.15) is 5.75 Å². The lowest BCUT2D eigenvalue weighted by Crippen LogP contribution is -2.14. The fourth-order valence-corrected chi connectivity index (χ4v) is 5.60. The predicted octanol–water partition coefficient (Wildman–Crippen LogP) is 6.38. The van der Waals surface area contributed by atoms with Gasteiger partial charge in [0.2, 0.25) is 0 Å². The van der Waals surface area contributed by atoms with Gasteiger partial charge in [0, 0.05) is 35.2 Å². The molecule has 0 radical (unpaired) electrons. The van der Waals surface area contributed by atoms with Crippen LogP contribution in [0.2, 0.25) is 0 Å². The number of hydrogen-bond acceptors (Lipinski definition) is 8. The van der Waals surface area contributed by atoms with Crippen LogP contribution in [0, 0.1) is 10.1 Å². The Kier molecular flexibility index (Phi) is 6.55. The number of hydrogen-bond donors (Lipinski definition) is 1. The lowest BCUT2D eigenvalue weighted by atomic mass is 10.0. The predicted molar refractivity (Wildman–Crippen MR) is 135 cm³/mol. The monoisotopic (exact) mass is 492 g/mol. The van der Waals surface area contributed by atoms with Crippen LogP contribution >= 0.6 is 22.7 Å². The van der Waals surface area contributed by atoms with Gasteiger partial charge in [-0.2, -0.15) is 0 Å². The van der Waals surface area contributed by atoms with Crippen molar-refractivity contribution in [2.75, 3.05) is 12.4 Å². The summed E-state index contributed by atoms with van der Waals surface area (Å²) in [5, 5.41) is 20.8. The summed E-state index contributed by atoms with van der Waals surface area (Å²) in [6.07, 6.45) is 3.82. The maximum absolute atomic E-state index is 11.0. The number of nitrogens with one attached hydrogen (secondary N) is 1. The standard InChI is InChI=1S/C25H24N4O3S2/c1-32-21-4-2-3-17(12-21)11-19-14-34-25(26-19)28-22(23-15-33-24(27-23)18-7-8-18)13-16-5-9-20(10-6-16)29(30)31/h2-6,9-10,12,14-15,18,22H,7-8,11,13H2,1H3,(H,26,28)/t22-/m0/s1. The van der Waals surface area contributed by atoms with Crippen molar-refractivity contribution in [2.24, 2.45) is 0 Å². The zero-order chi connectivity index (χ0) is 23.5. The van der Waals surface area contributed by atoms with Gasteiger partial charge < -0.3 is 10.1 Å². The first-order valence-corrected chi connectivity index (χ1v) is 12.9. The Morgan fingerprint density at radius 3 is 2.68 bits per heavy atom. The maximum atomic E-state index is 11.0. The number of aromatic nitrogens is 2. The largest absolute Gasteiger partial charge is 0.497 e. The Labute approximate surface area is 205 Å². The van der Waals surface area contributed by atoms with Crippen LogP contribution in [0.3, 0.4) is 0 Å². The molecule has 0 aliphatic heterocycles. The molecule has 34 heavy (non-hydrogen) atoms. The average molecular weight is 493 g/mol. The Balaban J connectivity index is 1.34. The summed E-state index contributed by atoms with van der Waals surface area (Å²) in [6.45, 7) is 0. The number of nitrogens with zero attached hydrogens (tertiary/aromatic N) is 3. The maximum Gasteiger partial charge on any atom is 0.269 e. The normalized spacial score (nSPS) is 14.0. The van der Waals surface area contributed by atoms with E-state index in [9.17, 15) is 10.1 Å². The molecule has 0 amide bonds. The number of benzene rings is 2. The van der Waals surface area contributed by atoms with E-state index >= 15 is 0 Å². The molecule has 4 aromatic rings. The second-order valence-electron chi connectivity index (χ2n) is 8.38. The molecular formula is C25H24N4O3S2. The number of non-ortho nitro benzene ring substituents is 1. The average Bonchev–Trinajstić information content (AvgIpc) is 3.41. The first kappa shape index (κ1) is 22.5. The van der Waals surface area contributed by atoms with Crippen LogP contribution in [0.1, 0.15) is 52.3 Å². The number of nitro benzene ring substituents is 1. The number of thiazole rings is 2. The highest BCUT2D eigenvalue weighted by molar-refractivity contribution is 7.13. The van der Waals surface area contributed by atoms with Gasteiger partial charge >= 0.3 is 0 Å². The number of methoxy groups -OCH3 is 1. The van der Waals surface area contributed by atoms with Crippen LogP contribution in [0.5, 0.6) is 5.75 Å². The zero-order valence-corrected chi connectivity index (χ0v) is 20.3. The molecule has 0 unspecified atom stereocenters. The second kappa shape index (κ2) is 9.90. The van der Waals surface area contributed by atoms with E-state index in [0.29, 0.717) is 12.3 Å². The van der Waals surface area contributed by atoms with E-state index in [1.165, 1.54) is 17.8 Å². The van der Waals surface area contributed by atoms with E-state index in [1.807, 2.05) is 30.3 Å². The van der Waals surface area contributed by atoms with Gasteiger partial charge in [0.15, 0.2) is 5.13 Å². The molecule has 0 saturated heterocycles. The molecule has 9 heteroatoms. The van der Waals surface area contributed by atoms with Crippen LogP contribution in [0.4, 0.5) is 10.8 Å². The third-order valence-electron chi connectivity index (χ3n) is 5.78. The molecule has 2 heterocycles. The lowest BCUT2D eigenvalue weighted by Gasteiger charge is -2.16. The molecule has 1 N–H and O–H groups in total. The summed E-state index contributed by atoms with van der Waals surface area (Å²) < 4.78 is 5.33. The summed E-state index contributed by atoms with van der Waals surface area (Å²) in [5.74, 6) is 1.44. The first-order valence-electron chi connectivity index (χ1n) is 11.1. The van der Waals surface area contributed by atoms with Crippen molar-refractivity contribution in [3.05, 3.63) is 96.9 Å². The third kappa shape index (κ3) is 5.43. The fourth-order valence-electron chi connectivity index (χ4n) is 3.79. The van der Waals surface area contributed by atoms with Gasteiger partial charge in [0.25, 0.3) is 5.69 Å². The third-order valence-corrected chi connectivity index (χ3v) is 7.63. The van der Waals surface area contributed by atoms with Crippen molar-refractivity contribution in [1.82, 2.24) is 9.97 Å². The number of rotatable bonds is 10. The van der Waals surface area contributed by atoms with Crippen LogP contribution < -0.4 is 10.1 Å². The van der Waals surface area contributed by atoms with Gasteiger partial charge in [-0.1, -0.05) is 24.3 Å². The molecule has 1 fully saturated rings. The molecule has 1 aliphatic carbocycles. The Morgan fingerprint density at radius 1 is 1.12 bits per heavy atom. The SMILES string of the molecule is COc1cccc(Cc2csc(N[C@@H](Cc3ccc([N+](=O)[O-])cc3)c3csc(C4CC4)n3)n2)c1. The Morgan fingerprint density at radius 2 is 1.94 bits per heavy atom. The second-order valence-corrected chi connectivity index (χ2v) is 10.1. The summed E-state index contributed by atoms with van der Waals surface area (Å²) >= 11 is 3.29. The van der Waals surface area contributed by atoms with Crippen LogP contribution in [0.15, 0.2) is 59.3 Å². The number of ether oxygens (including phenoxy) is 1. The molecule has 174 valence electrons. The van der Waals surface area contributed by atoms with Crippen LogP contribution in [-0.2, 0) is 12.8 Å². The van der Waals surface area contributed by atoms with E-state index in [0.717, 1.165) is 39.8 Å². The summed E-state index contributed by atoms with van der Waals surface area (Å²) in [7, 11) is 1.67. The molecule has 1 saturated carbocycles. The highest BCUT2D eigenvalue weighted by Gasteiger charge is 2.28. The van der Waals surface area contributed by atoms with Crippen molar-refractivity contribution >= 4 is 33.5 Å². The van der Waals surface area contributed by atoms with Crippen molar-refractivity contribution in [1.29, 1.82) is 0 Å². The highest BCUT2D eigenvalue weighted by atomic mass is 32.1. The Bertz CT molecular complexity index is 1280. The molecule has 2 aromatic carbocycles. The van der Waals surface area contributed by atoms with Crippen molar-refractivity contribution in [2.45, 2.75) is 37.6 Å². The molecule has 1 atom stereocenters. The van der Waals surface area contributed by atoms with Gasteiger partial charge in [-0.05, 0) is 42.5 Å². The van der Waals surface area contributed by atoms with Gasteiger partial charge in [-0.15, -0.1) is 22.7 Å². The minimum absolute atomic E-state index is 0.0685. The van der Waals surface area contributed by atoms with Gasteiger partial charge in [-0.3, -0.25) is 10.1 Å². The van der Waals surface area contributed by atoms with E-state index in [2.05, 4.69) is 22.1 Å². The quantitative estimate of drug-likeness (QED) is 0.204. The van der Waals surface area contributed by atoms with Gasteiger partial charge in [-0.25, -0.2) is 9.97 Å². The zero-order valence-electron chi connectivity index (χ0n) is 18.6. The lowest BCUT2D eigenvalue weighted by molar-refractivity contribution is -0.384. The summed E-state index contributed by atoms with van der Waals surface area (Å²) in [6, 6.07) is 14.7. The molecule has 0 spiro atoms. The molecule has 5 rings (SSSR count). The number of anilines is 1.